The van der Waals surface area contributed by atoms with E-state index in [1.807, 2.05) is 44.2 Å². The first-order valence-electron chi connectivity index (χ1n) is 13.7. The van der Waals surface area contributed by atoms with E-state index in [-0.39, 0.29) is 11.5 Å². The van der Waals surface area contributed by atoms with Crippen molar-refractivity contribution in [1.82, 2.24) is 4.67 Å². The summed E-state index contributed by atoms with van der Waals surface area (Å²) >= 11 is 0. The number of rotatable bonds is 4. The monoisotopic (exact) mass is 571 g/mol. The number of anilines is 2. The fourth-order valence-electron chi connectivity index (χ4n) is 6.43. The van der Waals surface area contributed by atoms with Gasteiger partial charge in [-0.3, -0.25) is 19.6 Å². The highest BCUT2D eigenvalue weighted by Crippen LogP contribution is 2.69. The first-order chi connectivity index (χ1) is 19.6. The number of carbonyl (C=O) groups is 1. The lowest BCUT2D eigenvalue weighted by Gasteiger charge is -2.39. The lowest BCUT2D eigenvalue weighted by molar-refractivity contribution is -0.384. The van der Waals surface area contributed by atoms with Gasteiger partial charge in [0.25, 0.3) is 5.69 Å². The third-order valence-electron chi connectivity index (χ3n) is 8.41. The maximum Gasteiger partial charge on any atom is 0.269 e. The van der Waals surface area contributed by atoms with Crippen LogP contribution in [0.25, 0.3) is 0 Å². The molecule has 3 aliphatic heterocycles. The minimum Gasteiger partial charge on any atom is -0.379 e. The summed E-state index contributed by atoms with van der Waals surface area (Å²) in [6.45, 7) is 6.69. The number of ether oxygens (including phenoxy) is 1. The van der Waals surface area contributed by atoms with Gasteiger partial charge in [0.15, 0.2) is 5.78 Å². The van der Waals surface area contributed by atoms with Crippen molar-refractivity contribution < 1.29 is 14.5 Å². The summed E-state index contributed by atoms with van der Waals surface area (Å²) < 4.78 is 13.6. The van der Waals surface area contributed by atoms with Gasteiger partial charge in [-0.15, -0.1) is 0 Å². The molecule has 1 saturated heterocycles. The number of para-hydroxylation sites is 1. The number of non-ortho nitro benzene ring substituents is 1. The summed E-state index contributed by atoms with van der Waals surface area (Å²) in [5, 5.41) is 13.1. The van der Waals surface area contributed by atoms with Crippen LogP contribution in [0.4, 0.5) is 22.7 Å². The Kier molecular flexibility index (Phi) is 6.64. The van der Waals surface area contributed by atoms with E-state index >= 15 is 0 Å². The SMILES string of the molecule is CN(C)c1ccc2c(c1)C(=O)/C(=C1/N(C)c3ccccc3C1(C)C)P2(=Nc1ccc([N+](=O)[O-])cc1)N1CCOCC1. The maximum absolute atomic E-state index is 14.9. The van der Waals surface area contributed by atoms with Gasteiger partial charge in [-0.05, 0) is 42.0 Å². The minimum absolute atomic E-state index is 0.00285. The summed E-state index contributed by atoms with van der Waals surface area (Å²) in [5.74, 6) is -0.00285. The van der Waals surface area contributed by atoms with Crippen LogP contribution in [0.2, 0.25) is 0 Å². The Morgan fingerprint density at radius 3 is 2.34 bits per heavy atom. The standard InChI is InChI=1S/C31H34N5O4P/c1-31(2)25-8-6-7-9-26(25)34(5)30(31)29-28(37)24-20-23(33(3)4)14-15-27(24)41(29,35-16-18-40-19-17-35)32-21-10-12-22(13-11-21)36(38)39/h6-15,20H,16-19H2,1-5H3/b30-29-. The predicted octanol–water partition coefficient (Wildman–Crippen LogP) is 5.90. The predicted molar refractivity (Wildman–Crippen MR) is 164 cm³/mol. The van der Waals surface area contributed by atoms with Crippen LogP contribution in [0.5, 0.6) is 0 Å². The Labute approximate surface area is 240 Å². The number of ketones is 1. The number of nitrogens with zero attached hydrogens (tertiary/aromatic N) is 5. The lowest BCUT2D eigenvalue weighted by Crippen LogP contribution is -2.37. The fraction of sp³-hybridized carbons (Fsp3) is 0.323. The molecule has 10 heteroatoms. The van der Waals surface area contributed by atoms with Crippen LogP contribution in [-0.2, 0) is 10.2 Å². The highest BCUT2D eigenvalue weighted by molar-refractivity contribution is 7.78. The van der Waals surface area contributed by atoms with Gasteiger partial charge in [-0.1, -0.05) is 32.0 Å². The number of fused-ring (bicyclic) bond motifs is 2. The maximum atomic E-state index is 14.9. The summed E-state index contributed by atoms with van der Waals surface area (Å²) in [6.07, 6.45) is 0. The first kappa shape index (κ1) is 27.4. The van der Waals surface area contributed by atoms with Crippen molar-refractivity contribution >= 4 is 41.0 Å². The number of hydrogen-bond donors (Lipinski definition) is 0. The zero-order chi connectivity index (χ0) is 29.1. The second-order valence-corrected chi connectivity index (χ2v) is 14.3. The Balaban J connectivity index is 1.74. The number of carbonyl (C=O) groups excluding carboxylic acids is 1. The normalized spacial score (nSPS) is 23.3. The number of allylic oxidation sites excluding steroid dienone is 2. The average Bonchev–Trinajstić information content (AvgIpc) is 3.32. The molecule has 212 valence electrons. The zero-order valence-electron chi connectivity index (χ0n) is 24.0. The molecule has 0 aromatic heterocycles. The number of morpholine rings is 1. The fourth-order valence-corrected chi connectivity index (χ4v) is 10.7. The van der Waals surface area contributed by atoms with Crippen LogP contribution in [0, 0.1) is 10.1 Å². The van der Waals surface area contributed by atoms with Gasteiger partial charge in [0.2, 0.25) is 0 Å². The summed E-state index contributed by atoms with van der Waals surface area (Å²) in [5.41, 5.74) is 4.98. The molecule has 0 bridgehead atoms. The van der Waals surface area contributed by atoms with Crippen LogP contribution in [0.1, 0.15) is 29.8 Å². The molecule has 3 aromatic carbocycles. The molecule has 0 amide bonds. The largest absolute Gasteiger partial charge is 0.379 e. The number of Topliss-reactive ketones (excluding diaryl/α,β-unsaturated/α-hetero) is 1. The molecule has 1 fully saturated rings. The molecule has 0 N–H and O–H groups in total. The van der Waals surface area contributed by atoms with Crippen LogP contribution in [-0.4, -0.2) is 62.8 Å². The Bertz CT molecular complexity index is 1660. The highest BCUT2D eigenvalue weighted by atomic mass is 31.2. The van der Waals surface area contributed by atoms with E-state index in [9.17, 15) is 14.9 Å². The number of hydrogen-bond acceptors (Lipinski definition) is 7. The van der Waals surface area contributed by atoms with Crippen molar-refractivity contribution in [1.29, 1.82) is 0 Å². The van der Waals surface area contributed by atoms with Gasteiger partial charge in [0.1, 0.15) is 7.21 Å². The molecule has 3 aliphatic rings. The number of nitro benzene ring substituents is 1. The molecule has 41 heavy (non-hydrogen) atoms. The van der Waals surface area contributed by atoms with Gasteiger partial charge in [-0.25, -0.2) is 4.74 Å². The van der Waals surface area contributed by atoms with E-state index in [1.165, 1.54) is 12.1 Å². The third-order valence-corrected chi connectivity index (χ3v) is 12.3. The topological polar surface area (TPSA) is 91.5 Å². The second kappa shape index (κ2) is 9.94. The van der Waals surface area contributed by atoms with Crippen molar-refractivity contribution in [2.45, 2.75) is 19.3 Å². The van der Waals surface area contributed by atoms with E-state index in [2.05, 4.69) is 47.7 Å². The van der Waals surface area contributed by atoms with Gasteiger partial charge >= 0.3 is 0 Å². The van der Waals surface area contributed by atoms with Crippen LogP contribution >= 0.6 is 7.21 Å². The van der Waals surface area contributed by atoms with Gasteiger partial charge in [0.05, 0.1) is 29.1 Å². The zero-order valence-corrected chi connectivity index (χ0v) is 24.9. The Morgan fingerprint density at radius 1 is 1.02 bits per heavy atom. The van der Waals surface area contributed by atoms with E-state index in [1.54, 1.807) is 12.1 Å². The van der Waals surface area contributed by atoms with E-state index in [0.717, 1.165) is 33.3 Å². The Hall–Kier alpha value is -3.78. The molecule has 6 rings (SSSR count). The van der Waals surface area contributed by atoms with Crippen molar-refractivity contribution in [2.24, 2.45) is 4.74 Å². The van der Waals surface area contributed by atoms with E-state index < -0.39 is 17.5 Å². The van der Waals surface area contributed by atoms with Crippen LogP contribution < -0.4 is 15.1 Å². The van der Waals surface area contributed by atoms with E-state index in [0.29, 0.717) is 37.6 Å². The lowest BCUT2D eigenvalue weighted by atomic mass is 9.83. The average molecular weight is 572 g/mol. The van der Waals surface area contributed by atoms with Gasteiger partial charge in [0, 0.05) is 79.7 Å². The molecule has 0 saturated carbocycles. The summed E-state index contributed by atoms with van der Waals surface area (Å²) in [6, 6.07) is 20.8. The third kappa shape index (κ3) is 4.14. The molecule has 3 aromatic rings. The summed E-state index contributed by atoms with van der Waals surface area (Å²) in [4.78, 5) is 30.0. The Morgan fingerprint density at radius 2 is 1.71 bits per heavy atom. The number of nitro groups is 1. The smallest absolute Gasteiger partial charge is 0.269 e. The van der Waals surface area contributed by atoms with Crippen LogP contribution in [0.3, 0.4) is 0 Å². The van der Waals surface area contributed by atoms with Crippen molar-refractivity contribution in [3.63, 3.8) is 0 Å². The molecule has 3 heterocycles. The molecule has 0 spiro atoms. The summed E-state index contributed by atoms with van der Waals surface area (Å²) in [7, 11) is 3.07. The molecular formula is C31H34N5O4P. The molecule has 1 unspecified atom stereocenters. The van der Waals surface area contributed by atoms with E-state index in [4.69, 9.17) is 9.48 Å². The number of benzene rings is 3. The highest BCUT2D eigenvalue weighted by Gasteiger charge is 2.53. The van der Waals surface area contributed by atoms with Crippen molar-refractivity contribution in [3.05, 3.63) is 99.0 Å². The molecule has 9 nitrogen and oxygen atoms in total. The van der Waals surface area contributed by atoms with Gasteiger partial charge < -0.3 is 14.5 Å². The van der Waals surface area contributed by atoms with Crippen molar-refractivity contribution in [3.8, 4) is 0 Å². The van der Waals surface area contributed by atoms with Gasteiger partial charge in [-0.2, -0.15) is 0 Å². The van der Waals surface area contributed by atoms with Crippen molar-refractivity contribution in [2.75, 3.05) is 57.2 Å². The minimum atomic E-state index is -2.91. The van der Waals surface area contributed by atoms with Crippen LogP contribution in [0.15, 0.2) is 82.5 Å². The first-order valence-corrected chi connectivity index (χ1v) is 15.4. The molecule has 1 atom stereocenters. The quantitative estimate of drug-likeness (QED) is 0.167. The molecular weight excluding hydrogens is 537 g/mol. The number of likely N-dealkylation sites (N-methyl/N-ethyl adjacent to an activating group) is 1. The molecule has 0 radical (unpaired) electrons. The second-order valence-electron chi connectivity index (χ2n) is 11.4. The molecule has 0 aliphatic carbocycles.